The molecular formula is C31H14F10O. The molecule has 1 nitrogen and oxygen atoms in total. The Balaban J connectivity index is 1.49. The summed E-state index contributed by atoms with van der Waals surface area (Å²) in [4.78, 5) is 0. The van der Waals surface area contributed by atoms with Gasteiger partial charge in [0.25, 0.3) is 0 Å². The first-order chi connectivity index (χ1) is 19.7. The van der Waals surface area contributed by atoms with E-state index in [1.54, 1.807) is 19.1 Å². The standard InChI is InChI=1S/C31H14F10O/c1-14-2-3-19-16(6-14)10-25(36)30(29(19)38)42-13-15-7-22(33)26(23(34)8-15)17-9-18-11-21(32)20(4-5-31(39,40)41)28(37)27(18)24(35)12-17/h2-3,6-12H,13H2,1H3. The zero-order chi connectivity index (χ0) is 30.5. The van der Waals surface area contributed by atoms with Crippen LogP contribution in [0.3, 0.4) is 0 Å². The van der Waals surface area contributed by atoms with Crippen LogP contribution in [-0.2, 0) is 6.61 Å². The average Bonchev–Trinajstić information content (AvgIpc) is 2.86. The number of fused-ring (bicyclic) bond motifs is 2. The monoisotopic (exact) mass is 592 g/mol. The largest absolute Gasteiger partial charge is 0.483 e. The van der Waals surface area contributed by atoms with E-state index in [1.165, 1.54) is 12.0 Å². The van der Waals surface area contributed by atoms with Crippen LogP contribution in [0.1, 0.15) is 16.7 Å². The van der Waals surface area contributed by atoms with Crippen molar-refractivity contribution in [2.24, 2.45) is 0 Å². The second-order valence-corrected chi connectivity index (χ2v) is 9.30. The van der Waals surface area contributed by atoms with Crippen LogP contribution in [0.25, 0.3) is 32.7 Å². The van der Waals surface area contributed by atoms with E-state index >= 15 is 8.78 Å². The molecule has 42 heavy (non-hydrogen) atoms. The van der Waals surface area contributed by atoms with E-state index in [-0.39, 0.29) is 16.3 Å². The van der Waals surface area contributed by atoms with Gasteiger partial charge in [0, 0.05) is 11.3 Å². The van der Waals surface area contributed by atoms with Gasteiger partial charge in [0.2, 0.25) is 0 Å². The van der Waals surface area contributed by atoms with Crippen molar-refractivity contribution in [2.75, 3.05) is 0 Å². The molecule has 0 radical (unpaired) electrons. The molecule has 0 fully saturated rings. The molecule has 0 aromatic heterocycles. The van der Waals surface area contributed by atoms with Gasteiger partial charge in [-0.05, 0) is 65.2 Å². The van der Waals surface area contributed by atoms with Gasteiger partial charge in [0.05, 0.1) is 16.5 Å². The summed E-state index contributed by atoms with van der Waals surface area (Å²) in [6, 6.07) is 9.01. The Kier molecular flexibility index (Phi) is 7.27. The van der Waals surface area contributed by atoms with Crippen molar-refractivity contribution >= 4 is 21.5 Å². The van der Waals surface area contributed by atoms with Gasteiger partial charge < -0.3 is 4.74 Å². The highest BCUT2D eigenvalue weighted by molar-refractivity contribution is 5.90. The van der Waals surface area contributed by atoms with E-state index in [0.29, 0.717) is 18.1 Å². The molecule has 5 aromatic carbocycles. The first kappa shape index (κ1) is 28.8. The summed E-state index contributed by atoms with van der Waals surface area (Å²) in [7, 11) is 0. The Bertz CT molecular complexity index is 1940. The van der Waals surface area contributed by atoms with E-state index < -0.39 is 86.7 Å². The van der Waals surface area contributed by atoms with Crippen molar-refractivity contribution in [1.29, 1.82) is 0 Å². The number of ether oxygens (including phenoxy) is 1. The van der Waals surface area contributed by atoms with Crippen molar-refractivity contribution in [3.63, 3.8) is 0 Å². The second-order valence-electron chi connectivity index (χ2n) is 9.30. The minimum Gasteiger partial charge on any atom is -0.483 e. The molecule has 0 aliphatic rings. The van der Waals surface area contributed by atoms with Crippen LogP contribution in [0.5, 0.6) is 5.75 Å². The molecule has 5 rings (SSSR count). The molecule has 0 aliphatic carbocycles. The summed E-state index contributed by atoms with van der Waals surface area (Å²) in [6.45, 7) is 1.08. The molecule has 0 saturated carbocycles. The van der Waals surface area contributed by atoms with Crippen molar-refractivity contribution < 1.29 is 48.6 Å². The fourth-order valence-corrected chi connectivity index (χ4v) is 4.51. The number of alkyl halides is 3. The van der Waals surface area contributed by atoms with Crippen molar-refractivity contribution in [1.82, 2.24) is 0 Å². The fourth-order valence-electron chi connectivity index (χ4n) is 4.51. The average molecular weight is 592 g/mol. The number of aryl methyl sites for hydroxylation is 1. The molecule has 0 amide bonds. The van der Waals surface area contributed by atoms with Crippen LogP contribution in [0.15, 0.2) is 54.6 Å². The van der Waals surface area contributed by atoms with Gasteiger partial charge in [-0.25, -0.2) is 30.7 Å². The summed E-state index contributed by atoms with van der Waals surface area (Å²) in [6.07, 6.45) is -5.07. The van der Waals surface area contributed by atoms with Crippen LogP contribution >= 0.6 is 0 Å². The minimum atomic E-state index is -5.07. The number of halogens is 10. The Morgan fingerprint density at radius 2 is 1.36 bits per heavy atom. The quantitative estimate of drug-likeness (QED) is 0.149. The number of benzene rings is 5. The van der Waals surface area contributed by atoms with E-state index in [4.69, 9.17) is 4.74 Å². The summed E-state index contributed by atoms with van der Waals surface area (Å²) < 4.78 is 146. The molecule has 11 heteroatoms. The van der Waals surface area contributed by atoms with Crippen LogP contribution in [0.4, 0.5) is 43.9 Å². The lowest BCUT2D eigenvalue weighted by Gasteiger charge is -2.13. The highest BCUT2D eigenvalue weighted by atomic mass is 19.4. The highest BCUT2D eigenvalue weighted by Crippen LogP contribution is 2.35. The molecular weight excluding hydrogens is 578 g/mol. The Morgan fingerprint density at radius 1 is 0.690 bits per heavy atom. The van der Waals surface area contributed by atoms with Crippen molar-refractivity contribution in [3.8, 4) is 28.7 Å². The van der Waals surface area contributed by atoms with E-state index in [2.05, 4.69) is 0 Å². The van der Waals surface area contributed by atoms with Gasteiger partial charge in [0.15, 0.2) is 23.2 Å². The number of hydrogen-bond donors (Lipinski definition) is 0. The molecule has 0 bridgehead atoms. The van der Waals surface area contributed by atoms with Crippen LogP contribution < -0.4 is 4.74 Å². The smallest absolute Gasteiger partial charge is 0.458 e. The lowest BCUT2D eigenvalue weighted by molar-refractivity contribution is -0.0696. The lowest BCUT2D eigenvalue weighted by atomic mass is 9.97. The molecule has 214 valence electrons. The molecule has 0 atom stereocenters. The number of hydrogen-bond acceptors (Lipinski definition) is 1. The lowest BCUT2D eigenvalue weighted by Crippen LogP contribution is -2.04. The Hall–Kier alpha value is -4.72. The fraction of sp³-hybridized carbons (Fsp3) is 0.0968. The topological polar surface area (TPSA) is 9.23 Å². The van der Waals surface area contributed by atoms with E-state index in [1.807, 2.05) is 0 Å². The van der Waals surface area contributed by atoms with Gasteiger partial charge in [-0.3, -0.25) is 0 Å². The van der Waals surface area contributed by atoms with Crippen molar-refractivity contribution in [3.05, 3.63) is 112 Å². The van der Waals surface area contributed by atoms with Gasteiger partial charge in [-0.15, -0.1) is 0 Å². The maximum Gasteiger partial charge on any atom is 0.458 e. The second kappa shape index (κ2) is 10.6. The van der Waals surface area contributed by atoms with E-state index in [0.717, 1.165) is 29.8 Å². The van der Waals surface area contributed by atoms with Crippen LogP contribution in [0.2, 0.25) is 0 Å². The predicted octanol–water partition coefficient (Wildman–Crippen LogP) is 9.43. The summed E-state index contributed by atoms with van der Waals surface area (Å²) in [5, 5.41) is -1.13. The third kappa shape index (κ3) is 5.44. The third-order valence-electron chi connectivity index (χ3n) is 6.33. The first-order valence-electron chi connectivity index (χ1n) is 11.9. The predicted molar refractivity (Wildman–Crippen MR) is 135 cm³/mol. The van der Waals surface area contributed by atoms with Crippen LogP contribution in [-0.4, -0.2) is 6.18 Å². The van der Waals surface area contributed by atoms with Gasteiger partial charge in [-0.2, -0.15) is 13.2 Å². The summed E-state index contributed by atoms with van der Waals surface area (Å²) in [5.74, 6) is -8.10. The van der Waals surface area contributed by atoms with Gasteiger partial charge in [0.1, 0.15) is 29.9 Å². The normalized spacial score (nSPS) is 11.6. The molecule has 5 aromatic rings. The summed E-state index contributed by atoms with van der Waals surface area (Å²) >= 11 is 0. The van der Waals surface area contributed by atoms with Gasteiger partial charge >= 0.3 is 6.18 Å². The Labute approximate surface area is 231 Å². The maximum absolute atomic E-state index is 15.1. The Morgan fingerprint density at radius 3 is 2.02 bits per heavy atom. The molecule has 0 N–H and O–H groups in total. The van der Waals surface area contributed by atoms with Crippen molar-refractivity contribution in [2.45, 2.75) is 19.7 Å². The maximum atomic E-state index is 15.1. The highest BCUT2D eigenvalue weighted by Gasteiger charge is 2.25. The minimum absolute atomic E-state index is 0.0652. The van der Waals surface area contributed by atoms with Crippen LogP contribution in [0, 0.1) is 59.5 Å². The molecule has 0 heterocycles. The third-order valence-corrected chi connectivity index (χ3v) is 6.33. The molecule has 0 spiro atoms. The van der Waals surface area contributed by atoms with E-state index in [9.17, 15) is 35.1 Å². The molecule has 0 saturated heterocycles. The zero-order valence-electron chi connectivity index (χ0n) is 21.1. The number of rotatable bonds is 4. The molecule has 0 unspecified atom stereocenters. The first-order valence-corrected chi connectivity index (χ1v) is 11.9. The summed E-state index contributed by atoms with van der Waals surface area (Å²) in [5.41, 5.74) is -2.05. The zero-order valence-corrected chi connectivity index (χ0v) is 21.1. The van der Waals surface area contributed by atoms with Gasteiger partial charge in [-0.1, -0.05) is 29.7 Å². The molecule has 0 aliphatic heterocycles. The SMILES string of the molecule is Cc1ccc2c(F)c(OCc3cc(F)c(-c4cc(F)c5c(F)c(C#CC(F)(F)F)c(F)cc5c4)c(F)c3)c(F)cc2c1.